The van der Waals surface area contributed by atoms with Gasteiger partial charge in [-0.1, -0.05) is 36.1 Å². The van der Waals surface area contributed by atoms with Crippen LogP contribution in [0.25, 0.3) is 6.08 Å². The van der Waals surface area contributed by atoms with Gasteiger partial charge < -0.3 is 5.32 Å². The van der Waals surface area contributed by atoms with E-state index in [4.69, 9.17) is 12.2 Å². The van der Waals surface area contributed by atoms with Crippen molar-refractivity contribution in [1.29, 1.82) is 0 Å². The summed E-state index contributed by atoms with van der Waals surface area (Å²) in [5.41, 5.74) is 0. The number of thiophene rings is 1. The molecule has 1 aliphatic rings. The van der Waals surface area contributed by atoms with Crippen molar-refractivity contribution in [2.45, 2.75) is 6.42 Å². The van der Waals surface area contributed by atoms with Gasteiger partial charge in [0.25, 0.3) is 5.91 Å². The van der Waals surface area contributed by atoms with E-state index in [1.54, 1.807) is 35.7 Å². The highest BCUT2D eigenvalue weighted by molar-refractivity contribution is 8.26. The second kappa shape index (κ2) is 7.69. The summed E-state index contributed by atoms with van der Waals surface area (Å²) >= 11 is 8.08. The number of hydrogen-bond acceptors (Lipinski definition) is 6. The molecule has 0 bridgehead atoms. The zero-order valence-corrected chi connectivity index (χ0v) is 14.9. The van der Waals surface area contributed by atoms with Gasteiger partial charge in [-0.3, -0.25) is 14.5 Å². The number of carbonyl (C=O) groups is 2. The molecule has 0 radical (unpaired) electrons. The van der Waals surface area contributed by atoms with Crippen molar-refractivity contribution < 1.29 is 9.59 Å². The quantitative estimate of drug-likeness (QED) is 0.641. The molecule has 3 rings (SSSR count). The van der Waals surface area contributed by atoms with Crippen molar-refractivity contribution in [3.05, 3.63) is 51.7 Å². The second-order valence-electron chi connectivity index (χ2n) is 4.86. The Kier molecular flexibility index (Phi) is 5.39. The van der Waals surface area contributed by atoms with Crippen molar-refractivity contribution in [2.75, 3.05) is 11.9 Å². The van der Waals surface area contributed by atoms with Gasteiger partial charge in [0.05, 0.1) is 4.91 Å². The summed E-state index contributed by atoms with van der Waals surface area (Å²) in [4.78, 5) is 31.5. The fourth-order valence-corrected chi connectivity index (χ4v) is 4.08. The summed E-state index contributed by atoms with van der Waals surface area (Å²) in [6.07, 6.45) is 3.60. The van der Waals surface area contributed by atoms with Crippen LogP contribution in [-0.2, 0) is 9.59 Å². The van der Waals surface area contributed by atoms with E-state index in [2.05, 4.69) is 10.3 Å². The van der Waals surface area contributed by atoms with Crippen molar-refractivity contribution in [3.63, 3.8) is 0 Å². The summed E-state index contributed by atoms with van der Waals surface area (Å²) in [6, 6.07) is 9.15. The Morgan fingerprint density at radius 1 is 1.33 bits per heavy atom. The zero-order chi connectivity index (χ0) is 16.9. The van der Waals surface area contributed by atoms with Gasteiger partial charge in [0.15, 0.2) is 0 Å². The highest BCUT2D eigenvalue weighted by Gasteiger charge is 2.32. The normalized spacial score (nSPS) is 16.0. The minimum atomic E-state index is -0.204. The first kappa shape index (κ1) is 16.8. The molecule has 2 aromatic rings. The predicted molar refractivity (Wildman–Crippen MR) is 102 cm³/mol. The Bertz CT molecular complexity index is 788. The Morgan fingerprint density at radius 2 is 2.21 bits per heavy atom. The van der Waals surface area contributed by atoms with Gasteiger partial charge in [0.1, 0.15) is 10.1 Å². The number of hydrogen-bond donors (Lipinski definition) is 1. The third-order valence-electron chi connectivity index (χ3n) is 3.18. The number of thiocarbonyl (C=S) groups is 1. The maximum Gasteiger partial charge on any atom is 0.266 e. The number of carbonyl (C=O) groups excluding carboxylic acids is 2. The Morgan fingerprint density at radius 3 is 2.92 bits per heavy atom. The van der Waals surface area contributed by atoms with Crippen molar-refractivity contribution in [1.82, 2.24) is 9.88 Å². The monoisotopic (exact) mass is 375 g/mol. The average molecular weight is 376 g/mol. The van der Waals surface area contributed by atoms with Crippen LogP contribution in [0.5, 0.6) is 0 Å². The summed E-state index contributed by atoms with van der Waals surface area (Å²) < 4.78 is 0.480. The van der Waals surface area contributed by atoms with Crippen LogP contribution in [-0.4, -0.2) is 32.6 Å². The number of nitrogens with zero attached hydrogens (tertiary/aromatic N) is 2. The first-order valence-corrected chi connectivity index (χ1v) is 9.24. The average Bonchev–Trinajstić information content (AvgIpc) is 3.16. The van der Waals surface area contributed by atoms with Crippen molar-refractivity contribution in [2.24, 2.45) is 0 Å². The number of pyridine rings is 1. The van der Waals surface area contributed by atoms with Crippen LogP contribution in [0, 0.1) is 0 Å². The molecule has 3 heterocycles. The van der Waals surface area contributed by atoms with E-state index in [1.165, 1.54) is 16.7 Å². The fraction of sp³-hybridized carbons (Fsp3) is 0.125. The molecular formula is C16H13N3O2S3. The first-order valence-electron chi connectivity index (χ1n) is 7.13. The third-order valence-corrected chi connectivity index (χ3v) is 5.38. The van der Waals surface area contributed by atoms with Gasteiger partial charge in [-0.05, 0) is 29.7 Å². The molecular weight excluding hydrogens is 362 g/mol. The molecule has 24 heavy (non-hydrogen) atoms. The van der Waals surface area contributed by atoms with Crippen LogP contribution in [0.3, 0.4) is 0 Å². The number of aromatic nitrogens is 1. The Labute approximate surface area is 152 Å². The fourth-order valence-electron chi connectivity index (χ4n) is 2.05. The van der Waals surface area contributed by atoms with Crippen LogP contribution < -0.4 is 5.32 Å². The molecule has 1 aliphatic heterocycles. The lowest BCUT2D eigenvalue weighted by molar-refractivity contribution is -0.122. The highest BCUT2D eigenvalue weighted by atomic mass is 32.2. The molecule has 0 saturated carbocycles. The minimum absolute atomic E-state index is 0.149. The lowest BCUT2D eigenvalue weighted by Gasteiger charge is -2.13. The molecule has 1 N–H and O–H groups in total. The van der Waals surface area contributed by atoms with Crippen molar-refractivity contribution >= 4 is 63.3 Å². The molecule has 1 fully saturated rings. The van der Waals surface area contributed by atoms with E-state index in [0.717, 1.165) is 4.88 Å². The largest absolute Gasteiger partial charge is 0.311 e. The molecule has 2 aromatic heterocycles. The van der Waals surface area contributed by atoms with Crippen LogP contribution in [0.1, 0.15) is 11.3 Å². The number of thioether (sulfide) groups is 1. The Balaban J connectivity index is 1.58. The first-order chi connectivity index (χ1) is 11.6. The van der Waals surface area contributed by atoms with E-state index >= 15 is 0 Å². The van der Waals surface area contributed by atoms with E-state index in [1.807, 2.05) is 23.6 Å². The number of nitrogens with one attached hydrogen (secondary N) is 1. The maximum absolute atomic E-state index is 12.4. The Hall–Kier alpha value is -2.03. The summed E-state index contributed by atoms with van der Waals surface area (Å²) in [5.74, 6) is 0.138. The van der Waals surface area contributed by atoms with E-state index in [9.17, 15) is 9.59 Å². The summed E-state index contributed by atoms with van der Waals surface area (Å²) in [6.45, 7) is 0.255. The summed E-state index contributed by atoms with van der Waals surface area (Å²) in [7, 11) is 0. The van der Waals surface area contributed by atoms with Crippen LogP contribution in [0.15, 0.2) is 46.8 Å². The number of rotatable bonds is 5. The molecule has 0 aliphatic carbocycles. The molecule has 8 heteroatoms. The maximum atomic E-state index is 12.4. The van der Waals surface area contributed by atoms with E-state index in [0.29, 0.717) is 15.0 Å². The molecule has 0 atom stereocenters. The molecule has 5 nitrogen and oxygen atoms in total. The van der Waals surface area contributed by atoms with Crippen molar-refractivity contribution in [3.8, 4) is 0 Å². The standard InChI is InChI=1S/C16H13N3O2S3/c20-14(18-13-5-1-2-7-17-13)6-8-19-15(21)12(24-16(19)22)10-11-4-3-9-23-11/h1-5,7,9-10H,6,8H2,(H,17,18,20). The van der Waals surface area contributed by atoms with Crippen LogP contribution >= 0.6 is 35.3 Å². The predicted octanol–water partition coefficient (Wildman–Crippen LogP) is 3.37. The second-order valence-corrected chi connectivity index (χ2v) is 7.52. The van der Waals surface area contributed by atoms with Gasteiger partial charge in [0, 0.05) is 24.0 Å². The highest BCUT2D eigenvalue weighted by Crippen LogP contribution is 2.33. The zero-order valence-electron chi connectivity index (χ0n) is 12.5. The van der Waals surface area contributed by atoms with Gasteiger partial charge >= 0.3 is 0 Å². The third kappa shape index (κ3) is 4.08. The smallest absolute Gasteiger partial charge is 0.266 e. The van der Waals surface area contributed by atoms with Gasteiger partial charge in [-0.2, -0.15) is 0 Å². The van der Waals surface area contributed by atoms with Gasteiger partial charge in [-0.25, -0.2) is 4.98 Å². The molecule has 2 amide bonds. The van der Waals surface area contributed by atoms with Gasteiger partial charge in [-0.15, -0.1) is 11.3 Å². The van der Waals surface area contributed by atoms with Gasteiger partial charge in [0.2, 0.25) is 5.91 Å². The molecule has 122 valence electrons. The lowest BCUT2D eigenvalue weighted by Crippen LogP contribution is -2.31. The van der Waals surface area contributed by atoms with E-state index < -0.39 is 0 Å². The molecule has 0 spiro atoms. The SMILES string of the molecule is O=C(CCN1C(=O)C(=Cc2cccs2)SC1=S)Nc1ccccn1. The topological polar surface area (TPSA) is 62.3 Å². The lowest BCUT2D eigenvalue weighted by atomic mass is 10.3. The molecule has 0 aromatic carbocycles. The minimum Gasteiger partial charge on any atom is -0.311 e. The number of anilines is 1. The molecule has 0 unspecified atom stereocenters. The van der Waals surface area contributed by atoms with E-state index in [-0.39, 0.29) is 24.8 Å². The molecule has 1 saturated heterocycles. The van der Waals surface area contributed by atoms with Crippen LogP contribution in [0.4, 0.5) is 5.82 Å². The van der Waals surface area contributed by atoms with Crippen LogP contribution in [0.2, 0.25) is 0 Å². The summed E-state index contributed by atoms with van der Waals surface area (Å²) in [5, 5.41) is 4.64. The number of amides is 2.